The Balaban J connectivity index is 2.62. The van der Waals surface area contributed by atoms with Gasteiger partial charge in [0.2, 0.25) is 0 Å². The Labute approximate surface area is 104 Å². The van der Waals surface area contributed by atoms with Gasteiger partial charge in [-0.3, -0.25) is 0 Å². The van der Waals surface area contributed by atoms with Crippen LogP contribution in [0.25, 0.3) is 11.1 Å². The fourth-order valence-electron chi connectivity index (χ4n) is 1.64. The van der Waals surface area contributed by atoms with E-state index in [0.29, 0.717) is 11.1 Å². The summed E-state index contributed by atoms with van der Waals surface area (Å²) >= 11 is 5.91. The van der Waals surface area contributed by atoms with E-state index < -0.39 is 5.82 Å². The first-order valence-electron chi connectivity index (χ1n) is 5.08. The van der Waals surface area contributed by atoms with Crippen LogP contribution in [0.15, 0.2) is 36.4 Å². The van der Waals surface area contributed by atoms with Gasteiger partial charge in [0.25, 0.3) is 0 Å². The highest BCUT2D eigenvalue weighted by Crippen LogP contribution is 2.30. The summed E-state index contributed by atoms with van der Waals surface area (Å²) < 4.78 is 13.3. The molecule has 2 aromatic carbocycles. The van der Waals surface area contributed by atoms with E-state index in [1.807, 2.05) is 19.1 Å². The van der Waals surface area contributed by atoms with Crippen LogP contribution in [0.4, 0.5) is 4.39 Å². The average molecular weight is 246 g/mol. The highest BCUT2D eigenvalue weighted by Gasteiger charge is 2.09. The van der Waals surface area contributed by atoms with Gasteiger partial charge in [-0.25, -0.2) is 4.39 Å². The Morgan fingerprint density at radius 1 is 1.24 bits per heavy atom. The molecule has 0 aliphatic rings. The van der Waals surface area contributed by atoms with Crippen LogP contribution < -0.4 is 0 Å². The first kappa shape index (κ1) is 11.6. The minimum Gasteiger partial charge on any atom is -0.205 e. The zero-order valence-corrected chi connectivity index (χ0v) is 9.92. The van der Waals surface area contributed by atoms with Crippen molar-refractivity contribution in [1.82, 2.24) is 0 Å². The minimum absolute atomic E-state index is 0.0836. The number of benzene rings is 2. The number of halogens is 2. The number of rotatable bonds is 1. The Hall–Kier alpha value is -1.85. The lowest BCUT2D eigenvalue weighted by Gasteiger charge is -2.06. The second-order valence-corrected chi connectivity index (χ2v) is 4.12. The molecule has 0 amide bonds. The average Bonchev–Trinajstić information content (AvgIpc) is 2.34. The lowest BCUT2D eigenvalue weighted by molar-refractivity contribution is 0.629. The molecule has 0 spiro atoms. The van der Waals surface area contributed by atoms with Crippen molar-refractivity contribution in [3.8, 4) is 17.2 Å². The van der Waals surface area contributed by atoms with Crippen molar-refractivity contribution in [1.29, 1.82) is 5.26 Å². The molecule has 0 fully saturated rings. The fraction of sp³-hybridized carbons (Fsp3) is 0.0714. The maximum atomic E-state index is 13.3. The second-order valence-electron chi connectivity index (χ2n) is 3.74. The van der Waals surface area contributed by atoms with Crippen molar-refractivity contribution in [2.24, 2.45) is 0 Å². The van der Waals surface area contributed by atoms with Crippen LogP contribution in [-0.2, 0) is 0 Å². The first-order chi connectivity index (χ1) is 8.13. The quantitative estimate of drug-likeness (QED) is 0.734. The zero-order chi connectivity index (χ0) is 12.4. The maximum absolute atomic E-state index is 13.3. The molecule has 0 aromatic heterocycles. The summed E-state index contributed by atoms with van der Waals surface area (Å²) in [5.74, 6) is -0.455. The van der Waals surface area contributed by atoms with Crippen molar-refractivity contribution in [2.45, 2.75) is 6.92 Å². The Morgan fingerprint density at radius 2 is 2.00 bits per heavy atom. The molecule has 0 bridgehead atoms. The molecule has 0 saturated heterocycles. The number of nitriles is 1. The molecule has 0 saturated carbocycles. The van der Waals surface area contributed by atoms with Gasteiger partial charge < -0.3 is 0 Å². The van der Waals surface area contributed by atoms with E-state index in [1.165, 1.54) is 6.07 Å². The summed E-state index contributed by atoms with van der Waals surface area (Å²) in [5.41, 5.74) is 2.81. The van der Waals surface area contributed by atoms with Crippen LogP contribution in [-0.4, -0.2) is 0 Å². The van der Waals surface area contributed by atoms with Gasteiger partial charge >= 0.3 is 0 Å². The van der Waals surface area contributed by atoms with Crippen molar-refractivity contribution >= 4 is 11.6 Å². The van der Waals surface area contributed by atoms with Gasteiger partial charge in [-0.2, -0.15) is 5.26 Å². The molecule has 0 unspecified atom stereocenters. The van der Waals surface area contributed by atoms with Crippen LogP contribution in [0.1, 0.15) is 11.1 Å². The summed E-state index contributed by atoms with van der Waals surface area (Å²) in [4.78, 5) is 0. The van der Waals surface area contributed by atoms with Crippen molar-refractivity contribution in [3.05, 3.63) is 58.4 Å². The highest BCUT2D eigenvalue weighted by molar-refractivity contribution is 6.33. The number of nitrogens with zero attached hydrogens (tertiary/aromatic N) is 1. The monoisotopic (exact) mass is 245 g/mol. The number of hydrogen-bond acceptors (Lipinski definition) is 1. The van der Waals surface area contributed by atoms with Crippen molar-refractivity contribution < 1.29 is 4.39 Å². The van der Waals surface area contributed by atoms with Crippen LogP contribution in [0.5, 0.6) is 0 Å². The normalized spacial score (nSPS) is 10.0. The van der Waals surface area contributed by atoms with Crippen molar-refractivity contribution in [2.75, 3.05) is 0 Å². The molecule has 2 rings (SSSR count). The topological polar surface area (TPSA) is 23.8 Å². The van der Waals surface area contributed by atoms with Gasteiger partial charge in [0, 0.05) is 5.56 Å². The molecule has 0 atom stereocenters. The Morgan fingerprint density at radius 3 is 2.71 bits per heavy atom. The van der Waals surface area contributed by atoms with Crippen LogP contribution >= 0.6 is 11.6 Å². The third kappa shape index (κ3) is 2.15. The highest BCUT2D eigenvalue weighted by atomic mass is 35.5. The van der Waals surface area contributed by atoms with Crippen LogP contribution in [0, 0.1) is 24.1 Å². The van der Waals surface area contributed by atoms with E-state index in [-0.39, 0.29) is 5.02 Å². The molecule has 1 nitrogen and oxygen atoms in total. The number of hydrogen-bond donors (Lipinski definition) is 0. The molecular formula is C14H9ClFN. The van der Waals surface area contributed by atoms with Gasteiger partial charge in [-0.15, -0.1) is 0 Å². The molecule has 0 aliphatic heterocycles. The third-order valence-corrected chi connectivity index (χ3v) is 3.00. The predicted octanol–water partition coefficient (Wildman–Crippen LogP) is 4.33. The van der Waals surface area contributed by atoms with Crippen LogP contribution in [0.2, 0.25) is 5.02 Å². The second kappa shape index (κ2) is 4.57. The number of aryl methyl sites for hydroxylation is 1. The van der Waals surface area contributed by atoms with Gasteiger partial charge in [0.1, 0.15) is 5.82 Å². The molecule has 2 aromatic rings. The summed E-state index contributed by atoms with van der Waals surface area (Å²) in [6.45, 7) is 1.86. The SMILES string of the molecule is Cc1ccc(-c2cccc(F)c2Cl)cc1C#N. The van der Waals surface area contributed by atoms with Gasteiger partial charge in [0.05, 0.1) is 16.7 Å². The third-order valence-electron chi connectivity index (χ3n) is 2.62. The van der Waals surface area contributed by atoms with Gasteiger partial charge in [-0.05, 0) is 30.2 Å². The molecular weight excluding hydrogens is 237 g/mol. The molecule has 0 aliphatic carbocycles. The largest absolute Gasteiger partial charge is 0.205 e. The lowest BCUT2D eigenvalue weighted by atomic mass is 10.0. The summed E-state index contributed by atoms with van der Waals surface area (Å²) in [5, 5.41) is 9.04. The Kier molecular flexibility index (Phi) is 3.12. The molecule has 0 N–H and O–H groups in total. The first-order valence-corrected chi connectivity index (χ1v) is 5.46. The maximum Gasteiger partial charge on any atom is 0.142 e. The van der Waals surface area contributed by atoms with E-state index in [1.54, 1.807) is 18.2 Å². The van der Waals surface area contributed by atoms with Crippen LogP contribution in [0.3, 0.4) is 0 Å². The van der Waals surface area contributed by atoms with E-state index in [4.69, 9.17) is 16.9 Å². The smallest absolute Gasteiger partial charge is 0.142 e. The van der Waals surface area contributed by atoms with Gasteiger partial charge in [-0.1, -0.05) is 35.9 Å². The molecule has 84 valence electrons. The zero-order valence-electron chi connectivity index (χ0n) is 9.17. The summed E-state index contributed by atoms with van der Waals surface area (Å²) in [6, 6.07) is 12.1. The Bertz CT molecular complexity index is 614. The summed E-state index contributed by atoms with van der Waals surface area (Å²) in [7, 11) is 0. The predicted molar refractivity (Wildman–Crippen MR) is 66.3 cm³/mol. The van der Waals surface area contributed by atoms with E-state index in [9.17, 15) is 4.39 Å². The van der Waals surface area contributed by atoms with E-state index in [0.717, 1.165) is 11.1 Å². The molecule has 0 heterocycles. The molecule has 0 radical (unpaired) electrons. The fourth-order valence-corrected chi connectivity index (χ4v) is 1.87. The molecule has 17 heavy (non-hydrogen) atoms. The van der Waals surface area contributed by atoms with E-state index >= 15 is 0 Å². The lowest BCUT2D eigenvalue weighted by Crippen LogP contribution is -1.87. The van der Waals surface area contributed by atoms with Crippen molar-refractivity contribution in [3.63, 3.8) is 0 Å². The van der Waals surface area contributed by atoms with Gasteiger partial charge in [0.15, 0.2) is 0 Å². The van der Waals surface area contributed by atoms with E-state index in [2.05, 4.69) is 6.07 Å². The standard InChI is InChI=1S/C14H9ClFN/c1-9-5-6-10(7-11(9)8-17)12-3-2-4-13(16)14(12)15/h2-7H,1H3. The minimum atomic E-state index is -0.455. The molecule has 3 heteroatoms. The summed E-state index contributed by atoms with van der Waals surface area (Å²) in [6.07, 6.45) is 0.